The fourth-order valence-electron chi connectivity index (χ4n) is 0.946. The molecule has 0 aliphatic heterocycles. The van der Waals surface area contributed by atoms with Gasteiger partial charge in [-0.15, -0.1) is 12.6 Å². The normalized spacial score (nSPS) is 9.67. The molecule has 0 atom stereocenters. The Bertz CT molecular complexity index is 220. The maximum absolute atomic E-state index is 5.06. The van der Waals surface area contributed by atoms with E-state index in [1.54, 1.807) is 0 Å². The molecule has 0 heterocycles. The van der Waals surface area contributed by atoms with Crippen LogP contribution in [0.1, 0.15) is 20.8 Å². The summed E-state index contributed by atoms with van der Waals surface area (Å²) in [6.45, 7) is 7.25. The predicted octanol–water partition coefficient (Wildman–Crippen LogP) is 3.38. The highest BCUT2D eigenvalue weighted by Gasteiger charge is 1.94. The average Bonchev–Trinajstić information content (AvgIpc) is 2.20. The second kappa shape index (κ2) is 10.0. The standard InChI is InChI=1S/C6H14O2.C6H6S/c1-4-7-6(3)8-5-2;7-6-4-2-1-3-5-6/h6H,4-5H2,1-3H3;1-5,7H. The van der Waals surface area contributed by atoms with Crippen molar-refractivity contribution in [3.8, 4) is 0 Å². The zero-order valence-corrected chi connectivity index (χ0v) is 10.5. The van der Waals surface area contributed by atoms with E-state index in [1.165, 1.54) is 0 Å². The zero-order valence-electron chi connectivity index (χ0n) is 9.64. The number of ether oxygens (including phenoxy) is 2. The van der Waals surface area contributed by atoms with E-state index in [9.17, 15) is 0 Å². The van der Waals surface area contributed by atoms with Crippen molar-refractivity contribution < 1.29 is 9.47 Å². The Balaban J connectivity index is 0.000000262. The van der Waals surface area contributed by atoms with Crippen LogP contribution in [-0.2, 0) is 9.47 Å². The lowest BCUT2D eigenvalue weighted by Gasteiger charge is -2.09. The summed E-state index contributed by atoms with van der Waals surface area (Å²) in [5, 5.41) is 0. The zero-order chi connectivity index (χ0) is 11.5. The van der Waals surface area contributed by atoms with Gasteiger partial charge in [0, 0.05) is 18.1 Å². The molecule has 0 bridgehead atoms. The van der Waals surface area contributed by atoms with Crippen LogP contribution in [0.15, 0.2) is 35.2 Å². The van der Waals surface area contributed by atoms with Crippen LogP contribution in [0.3, 0.4) is 0 Å². The lowest BCUT2D eigenvalue weighted by atomic mass is 10.4. The summed E-state index contributed by atoms with van der Waals surface area (Å²) in [7, 11) is 0. The molecule has 0 spiro atoms. The van der Waals surface area contributed by atoms with Gasteiger partial charge in [0.05, 0.1) is 0 Å². The quantitative estimate of drug-likeness (QED) is 0.629. The van der Waals surface area contributed by atoms with Crippen molar-refractivity contribution in [3.05, 3.63) is 30.3 Å². The molecule has 0 fully saturated rings. The van der Waals surface area contributed by atoms with Crippen molar-refractivity contribution in [2.75, 3.05) is 13.2 Å². The Morgan fingerprint density at radius 3 is 1.80 bits per heavy atom. The first-order chi connectivity index (χ1) is 7.20. The van der Waals surface area contributed by atoms with Gasteiger partial charge < -0.3 is 9.47 Å². The van der Waals surface area contributed by atoms with E-state index >= 15 is 0 Å². The number of thiol groups is 1. The highest BCUT2D eigenvalue weighted by Crippen LogP contribution is 2.00. The summed E-state index contributed by atoms with van der Waals surface area (Å²) in [6, 6.07) is 9.79. The molecule has 0 unspecified atom stereocenters. The molecular formula is C12H20O2S. The Labute approximate surface area is 98.0 Å². The molecule has 0 saturated carbocycles. The van der Waals surface area contributed by atoms with E-state index in [-0.39, 0.29) is 6.29 Å². The van der Waals surface area contributed by atoms with E-state index < -0.39 is 0 Å². The molecule has 86 valence electrons. The van der Waals surface area contributed by atoms with E-state index in [4.69, 9.17) is 9.47 Å². The van der Waals surface area contributed by atoms with Crippen LogP contribution in [0.4, 0.5) is 0 Å². The highest BCUT2D eigenvalue weighted by atomic mass is 32.1. The number of hydrogen-bond acceptors (Lipinski definition) is 3. The molecule has 0 saturated heterocycles. The predicted molar refractivity (Wildman–Crippen MR) is 66.4 cm³/mol. The molecule has 1 aromatic rings. The van der Waals surface area contributed by atoms with E-state index in [0.29, 0.717) is 0 Å². The monoisotopic (exact) mass is 228 g/mol. The Hall–Kier alpha value is -0.510. The van der Waals surface area contributed by atoms with Crippen molar-refractivity contribution in [1.82, 2.24) is 0 Å². The number of rotatable bonds is 4. The van der Waals surface area contributed by atoms with Crippen LogP contribution in [-0.4, -0.2) is 19.5 Å². The van der Waals surface area contributed by atoms with E-state index in [2.05, 4.69) is 12.6 Å². The molecule has 3 heteroatoms. The Kier molecular flexibility index (Phi) is 9.68. The second-order valence-electron chi connectivity index (χ2n) is 2.81. The Morgan fingerprint density at radius 2 is 1.53 bits per heavy atom. The van der Waals surface area contributed by atoms with Gasteiger partial charge in [-0.05, 0) is 32.9 Å². The van der Waals surface area contributed by atoms with Crippen LogP contribution >= 0.6 is 12.6 Å². The molecule has 0 amide bonds. The molecule has 0 N–H and O–H groups in total. The molecule has 0 aliphatic rings. The minimum atomic E-state index is -0.0370. The van der Waals surface area contributed by atoms with Gasteiger partial charge in [0.1, 0.15) is 0 Å². The summed E-state index contributed by atoms with van der Waals surface area (Å²) in [6.07, 6.45) is -0.0370. The van der Waals surface area contributed by atoms with Crippen molar-refractivity contribution in [2.45, 2.75) is 32.0 Å². The summed E-state index contributed by atoms with van der Waals surface area (Å²) in [5.41, 5.74) is 0. The van der Waals surface area contributed by atoms with Gasteiger partial charge in [0.25, 0.3) is 0 Å². The van der Waals surface area contributed by atoms with Gasteiger partial charge in [-0.1, -0.05) is 18.2 Å². The van der Waals surface area contributed by atoms with Crippen molar-refractivity contribution in [3.63, 3.8) is 0 Å². The second-order valence-corrected chi connectivity index (χ2v) is 3.33. The lowest BCUT2D eigenvalue weighted by Crippen LogP contribution is -2.11. The third-order valence-corrected chi connectivity index (χ3v) is 1.86. The first-order valence-corrected chi connectivity index (χ1v) is 5.62. The smallest absolute Gasteiger partial charge is 0.154 e. The number of benzene rings is 1. The summed E-state index contributed by atoms with van der Waals surface area (Å²) in [4.78, 5) is 1.02. The Morgan fingerprint density at radius 1 is 1.07 bits per heavy atom. The van der Waals surface area contributed by atoms with Crippen LogP contribution in [0.25, 0.3) is 0 Å². The van der Waals surface area contributed by atoms with Crippen LogP contribution in [0.5, 0.6) is 0 Å². The summed E-state index contributed by atoms with van der Waals surface area (Å²) in [5.74, 6) is 0. The van der Waals surface area contributed by atoms with Gasteiger partial charge in [0.2, 0.25) is 0 Å². The van der Waals surface area contributed by atoms with E-state index in [0.717, 1.165) is 18.1 Å². The number of hydrogen-bond donors (Lipinski definition) is 1. The average molecular weight is 228 g/mol. The molecule has 15 heavy (non-hydrogen) atoms. The summed E-state index contributed by atoms with van der Waals surface area (Å²) < 4.78 is 10.1. The van der Waals surface area contributed by atoms with Gasteiger partial charge in [-0.3, -0.25) is 0 Å². The van der Waals surface area contributed by atoms with Crippen LogP contribution < -0.4 is 0 Å². The maximum Gasteiger partial charge on any atom is 0.154 e. The molecule has 0 aromatic heterocycles. The molecular weight excluding hydrogens is 208 g/mol. The topological polar surface area (TPSA) is 18.5 Å². The molecule has 0 aliphatic carbocycles. The largest absolute Gasteiger partial charge is 0.353 e. The maximum atomic E-state index is 5.06. The first-order valence-electron chi connectivity index (χ1n) is 5.17. The summed E-state index contributed by atoms with van der Waals surface area (Å²) >= 11 is 4.08. The minimum Gasteiger partial charge on any atom is -0.353 e. The first kappa shape index (κ1) is 14.5. The highest BCUT2D eigenvalue weighted by molar-refractivity contribution is 7.80. The lowest BCUT2D eigenvalue weighted by molar-refractivity contribution is -0.123. The molecule has 1 aromatic carbocycles. The molecule has 0 radical (unpaired) electrons. The third kappa shape index (κ3) is 9.79. The minimum absolute atomic E-state index is 0.0370. The van der Waals surface area contributed by atoms with Crippen LogP contribution in [0.2, 0.25) is 0 Å². The van der Waals surface area contributed by atoms with Crippen molar-refractivity contribution in [2.24, 2.45) is 0 Å². The molecule has 1 rings (SSSR count). The van der Waals surface area contributed by atoms with Gasteiger partial charge in [0.15, 0.2) is 6.29 Å². The van der Waals surface area contributed by atoms with E-state index in [1.807, 2.05) is 51.1 Å². The SMILES string of the molecule is CCOC(C)OCC.Sc1ccccc1. The van der Waals surface area contributed by atoms with Gasteiger partial charge in [-0.2, -0.15) is 0 Å². The third-order valence-electron chi connectivity index (χ3n) is 1.56. The van der Waals surface area contributed by atoms with Crippen molar-refractivity contribution >= 4 is 12.6 Å². The van der Waals surface area contributed by atoms with Gasteiger partial charge in [-0.25, -0.2) is 0 Å². The van der Waals surface area contributed by atoms with Gasteiger partial charge >= 0.3 is 0 Å². The van der Waals surface area contributed by atoms with Crippen molar-refractivity contribution in [1.29, 1.82) is 0 Å². The fourth-order valence-corrected chi connectivity index (χ4v) is 1.12. The van der Waals surface area contributed by atoms with Crippen LogP contribution in [0, 0.1) is 0 Å². The fraction of sp³-hybridized carbons (Fsp3) is 0.500. The molecule has 2 nitrogen and oxygen atoms in total.